The molecule has 8 heteroatoms. The van der Waals surface area contributed by atoms with Crippen LogP contribution in [0.5, 0.6) is 0 Å². The molecule has 0 amide bonds. The summed E-state index contributed by atoms with van der Waals surface area (Å²) < 4.78 is 38.9. The summed E-state index contributed by atoms with van der Waals surface area (Å²) in [6, 6.07) is 10.3. The van der Waals surface area contributed by atoms with Crippen LogP contribution in [0, 0.1) is 6.92 Å². The van der Waals surface area contributed by atoms with Gasteiger partial charge in [0.15, 0.2) is 11.5 Å². The molecule has 0 aliphatic heterocycles. The van der Waals surface area contributed by atoms with E-state index in [1.165, 1.54) is 20.1 Å². The van der Waals surface area contributed by atoms with Gasteiger partial charge in [-0.05, 0) is 36.6 Å². The van der Waals surface area contributed by atoms with E-state index in [0.717, 1.165) is 17.7 Å². The lowest BCUT2D eigenvalue weighted by atomic mass is 9.97. The third kappa shape index (κ3) is 5.68. The normalized spacial score (nSPS) is 12.6. The van der Waals surface area contributed by atoms with Gasteiger partial charge in [-0.3, -0.25) is 4.79 Å². The molecule has 0 unspecified atom stereocenters. The largest absolute Gasteiger partial charge is 0.416 e. The first-order valence-electron chi connectivity index (χ1n) is 9.26. The SMILES string of the molecule is CC/C(=N\OCc1c(C)cccc1/C(=N\OC)C(C)=O)c1cccc(C(F)(F)F)c1. The maximum absolute atomic E-state index is 13.0. The zero-order chi connectivity index (χ0) is 22.3. The predicted molar refractivity (Wildman–Crippen MR) is 108 cm³/mol. The lowest BCUT2D eigenvalue weighted by molar-refractivity contribution is -0.137. The minimum Gasteiger partial charge on any atom is -0.399 e. The van der Waals surface area contributed by atoms with Crippen LogP contribution in [-0.4, -0.2) is 24.3 Å². The van der Waals surface area contributed by atoms with Crippen molar-refractivity contribution in [3.8, 4) is 0 Å². The van der Waals surface area contributed by atoms with Crippen molar-refractivity contribution in [2.75, 3.05) is 7.11 Å². The summed E-state index contributed by atoms with van der Waals surface area (Å²) in [5.41, 5.74) is 2.21. The van der Waals surface area contributed by atoms with Crippen molar-refractivity contribution in [1.82, 2.24) is 0 Å². The maximum Gasteiger partial charge on any atom is 0.416 e. The van der Waals surface area contributed by atoms with Gasteiger partial charge < -0.3 is 9.68 Å². The number of oxime groups is 2. The van der Waals surface area contributed by atoms with Crippen LogP contribution in [0.2, 0.25) is 0 Å². The van der Waals surface area contributed by atoms with E-state index in [2.05, 4.69) is 10.3 Å². The molecular formula is C22H23F3N2O3. The molecule has 2 rings (SSSR count). The van der Waals surface area contributed by atoms with E-state index in [4.69, 9.17) is 9.68 Å². The third-order valence-electron chi connectivity index (χ3n) is 4.42. The molecule has 0 aliphatic rings. The summed E-state index contributed by atoms with van der Waals surface area (Å²) in [6.45, 7) is 5.02. The van der Waals surface area contributed by atoms with Gasteiger partial charge in [0.25, 0.3) is 0 Å². The summed E-state index contributed by atoms with van der Waals surface area (Å²) in [7, 11) is 1.35. The van der Waals surface area contributed by atoms with Gasteiger partial charge in [0.1, 0.15) is 13.7 Å². The number of benzene rings is 2. The number of carbonyl (C=O) groups is 1. The van der Waals surface area contributed by atoms with Crippen molar-refractivity contribution < 1.29 is 27.6 Å². The summed E-state index contributed by atoms with van der Waals surface area (Å²) in [5, 5.41) is 7.86. The van der Waals surface area contributed by atoms with Gasteiger partial charge in [0.05, 0.1) is 11.3 Å². The lowest BCUT2D eigenvalue weighted by Gasteiger charge is -2.13. The zero-order valence-corrected chi connectivity index (χ0v) is 17.2. The van der Waals surface area contributed by atoms with Crippen LogP contribution < -0.4 is 0 Å². The molecule has 2 aromatic rings. The number of halogens is 3. The van der Waals surface area contributed by atoms with Crippen molar-refractivity contribution in [3.63, 3.8) is 0 Å². The van der Waals surface area contributed by atoms with E-state index >= 15 is 0 Å². The Kier molecular flexibility index (Phi) is 7.74. The molecule has 0 aliphatic carbocycles. The highest BCUT2D eigenvalue weighted by Crippen LogP contribution is 2.30. The minimum absolute atomic E-state index is 0.0144. The van der Waals surface area contributed by atoms with Gasteiger partial charge in [-0.15, -0.1) is 0 Å². The summed E-state index contributed by atoms with van der Waals surface area (Å²) in [5.74, 6) is -0.273. The minimum atomic E-state index is -4.43. The fraction of sp³-hybridized carbons (Fsp3) is 0.318. The first-order chi connectivity index (χ1) is 14.2. The number of carbonyl (C=O) groups excluding carboxylic acids is 1. The molecule has 0 saturated heterocycles. The van der Waals surface area contributed by atoms with Gasteiger partial charge in [-0.2, -0.15) is 13.2 Å². The number of hydrogen-bond acceptors (Lipinski definition) is 5. The average molecular weight is 420 g/mol. The Morgan fingerprint density at radius 3 is 2.40 bits per heavy atom. The van der Waals surface area contributed by atoms with Crippen LogP contribution in [-0.2, 0) is 27.3 Å². The second-order valence-electron chi connectivity index (χ2n) is 6.52. The highest BCUT2D eigenvalue weighted by Gasteiger charge is 2.30. The zero-order valence-electron chi connectivity index (χ0n) is 17.2. The van der Waals surface area contributed by atoms with Crippen molar-refractivity contribution in [2.24, 2.45) is 10.3 Å². The quantitative estimate of drug-likeness (QED) is 0.431. The molecule has 0 heterocycles. The molecule has 0 N–H and O–H groups in total. The van der Waals surface area contributed by atoms with Gasteiger partial charge >= 0.3 is 6.18 Å². The van der Waals surface area contributed by atoms with Gasteiger partial charge in [-0.1, -0.05) is 47.6 Å². The number of Topliss-reactive ketones (excluding diaryl/α,β-unsaturated/α-hetero) is 1. The van der Waals surface area contributed by atoms with Crippen LogP contribution in [0.1, 0.15) is 48.1 Å². The number of aryl methyl sites for hydroxylation is 1. The standard InChI is InChI=1S/C22H23F3N2O3/c1-5-20(16-9-7-10-17(12-16)22(23,24)25)26-30-13-19-14(2)8-6-11-18(19)21(15(3)28)27-29-4/h6-12H,5,13H2,1-4H3/b26-20+,27-21-. The Morgan fingerprint density at radius 1 is 1.10 bits per heavy atom. The molecule has 5 nitrogen and oxygen atoms in total. The Balaban J connectivity index is 2.32. The molecule has 0 radical (unpaired) electrons. The molecule has 0 aromatic heterocycles. The summed E-state index contributed by atoms with van der Waals surface area (Å²) >= 11 is 0. The van der Waals surface area contributed by atoms with E-state index in [-0.39, 0.29) is 18.1 Å². The second kappa shape index (κ2) is 10.0. The fourth-order valence-corrected chi connectivity index (χ4v) is 2.88. The molecule has 0 spiro atoms. The molecule has 0 bridgehead atoms. The highest BCUT2D eigenvalue weighted by molar-refractivity contribution is 6.45. The highest BCUT2D eigenvalue weighted by atomic mass is 19.4. The first kappa shape index (κ1) is 23.1. The third-order valence-corrected chi connectivity index (χ3v) is 4.42. The van der Waals surface area contributed by atoms with E-state index < -0.39 is 11.7 Å². The van der Waals surface area contributed by atoms with E-state index in [9.17, 15) is 18.0 Å². The Bertz CT molecular complexity index is 966. The van der Waals surface area contributed by atoms with E-state index in [1.54, 1.807) is 25.1 Å². The molecule has 30 heavy (non-hydrogen) atoms. The molecule has 2 aromatic carbocycles. The van der Waals surface area contributed by atoms with Crippen molar-refractivity contribution in [1.29, 1.82) is 0 Å². The van der Waals surface area contributed by atoms with E-state index in [0.29, 0.717) is 28.8 Å². The van der Waals surface area contributed by atoms with Gasteiger partial charge in [-0.25, -0.2) is 0 Å². The van der Waals surface area contributed by atoms with Crippen molar-refractivity contribution in [2.45, 2.75) is 40.0 Å². The monoisotopic (exact) mass is 420 g/mol. The Morgan fingerprint density at radius 2 is 1.80 bits per heavy atom. The van der Waals surface area contributed by atoms with Crippen LogP contribution in [0.25, 0.3) is 0 Å². The number of nitrogens with zero attached hydrogens (tertiary/aromatic N) is 2. The average Bonchev–Trinajstić information content (AvgIpc) is 2.69. The van der Waals surface area contributed by atoms with Crippen molar-refractivity contribution in [3.05, 3.63) is 70.3 Å². The van der Waals surface area contributed by atoms with Crippen LogP contribution in [0.3, 0.4) is 0 Å². The lowest BCUT2D eigenvalue weighted by Crippen LogP contribution is -2.16. The number of alkyl halides is 3. The second-order valence-corrected chi connectivity index (χ2v) is 6.52. The molecular weight excluding hydrogens is 397 g/mol. The summed E-state index contributed by atoms with van der Waals surface area (Å²) in [6.07, 6.45) is -4.05. The van der Waals surface area contributed by atoms with Gasteiger partial charge in [0, 0.05) is 18.1 Å². The molecule has 0 atom stereocenters. The van der Waals surface area contributed by atoms with Crippen LogP contribution >= 0.6 is 0 Å². The Hall–Kier alpha value is -3.16. The number of hydrogen-bond donors (Lipinski definition) is 0. The first-order valence-corrected chi connectivity index (χ1v) is 9.26. The Labute approximate surface area is 173 Å². The van der Waals surface area contributed by atoms with E-state index in [1.807, 2.05) is 13.0 Å². The number of ketones is 1. The van der Waals surface area contributed by atoms with Gasteiger partial charge in [0.2, 0.25) is 0 Å². The van der Waals surface area contributed by atoms with Crippen LogP contribution in [0.15, 0.2) is 52.8 Å². The summed E-state index contributed by atoms with van der Waals surface area (Å²) in [4.78, 5) is 22.2. The maximum atomic E-state index is 13.0. The fourth-order valence-electron chi connectivity index (χ4n) is 2.88. The number of rotatable bonds is 8. The molecule has 160 valence electrons. The smallest absolute Gasteiger partial charge is 0.399 e. The van der Waals surface area contributed by atoms with Crippen LogP contribution in [0.4, 0.5) is 13.2 Å². The molecule has 0 fully saturated rings. The van der Waals surface area contributed by atoms with Crippen molar-refractivity contribution >= 4 is 17.2 Å². The topological polar surface area (TPSA) is 60.3 Å². The predicted octanol–water partition coefficient (Wildman–Crippen LogP) is 5.28. The molecule has 0 saturated carbocycles.